The lowest BCUT2D eigenvalue weighted by Crippen LogP contribution is -2.00. The van der Waals surface area contributed by atoms with Crippen LogP contribution in [0.5, 0.6) is 11.5 Å². The van der Waals surface area contributed by atoms with E-state index in [1.165, 1.54) is 23.9 Å². The van der Waals surface area contributed by atoms with Gasteiger partial charge >= 0.3 is 0 Å². The van der Waals surface area contributed by atoms with Gasteiger partial charge in [-0.25, -0.2) is 9.37 Å². The van der Waals surface area contributed by atoms with Gasteiger partial charge in [0.25, 0.3) is 0 Å². The summed E-state index contributed by atoms with van der Waals surface area (Å²) >= 11 is 7.29. The zero-order valence-electron chi connectivity index (χ0n) is 13.1. The molecule has 0 radical (unpaired) electrons. The van der Waals surface area contributed by atoms with Gasteiger partial charge in [-0.2, -0.15) is 0 Å². The number of thioether (sulfide) groups is 1. The van der Waals surface area contributed by atoms with Crippen LogP contribution in [0.1, 0.15) is 5.82 Å². The Morgan fingerprint density at radius 2 is 1.68 bits per heavy atom. The molecule has 2 aromatic carbocycles. The smallest absolute Gasteiger partial charge is 0.208 e. The fourth-order valence-corrected chi connectivity index (χ4v) is 2.67. The first-order valence-corrected chi connectivity index (χ1v) is 8.86. The van der Waals surface area contributed by atoms with Crippen molar-refractivity contribution in [3.8, 4) is 11.5 Å². The van der Waals surface area contributed by atoms with Gasteiger partial charge in [0.15, 0.2) is 5.82 Å². The Labute approximate surface area is 153 Å². The van der Waals surface area contributed by atoms with E-state index in [1.54, 1.807) is 36.4 Å². The summed E-state index contributed by atoms with van der Waals surface area (Å²) in [4.78, 5) is 4.34. The molecular formula is C17H15ClFN3O2S. The summed E-state index contributed by atoms with van der Waals surface area (Å²) in [6.45, 7) is 0.767. The number of hydrogen-bond donors (Lipinski definition) is 1. The van der Waals surface area contributed by atoms with Crippen molar-refractivity contribution in [3.05, 3.63) is 65.2 Å². The maximum absolute atomic E-state index is 12.8. The summed E-state index contributed by atoms with van der Waals surface area (Å²) < 4.78 is 23.9. The molecule has 0 aliphatic carbocycles. The molecule has 0 saturated heterocycles. The molecule has 5 nitrogen and oxygen atoms in total. The van der Waals surface area contributed by atoms with Crippen LogP contribution < -0.4 is 9.47 Å². The number of rotatable bonds is 8. The van der Waals surface area contributed by atoms with Crippen LogP contribution in [0.15, 0.2) is 53.7 Å². The fraction of sp³-hybridized carbons (Fsp3) is 0.176. The van der Waals surface area contributed by atoms with Gasteiger partial charge in [-0.3, -0.25) is 5.10 Å². The summed E-state index contributed by atoms with van der Waals surface area (Å²) in [5, 5.41) is 8.24. The van der Waals surface area contributed by atoms with Crippen LogP contribution in [0, 0.1) is 5.82 Å². The number of nitrogens with zero attached hydrogens (tertiary/aromatic N) is 2. The zero-order valence-corrected chi connectivity index (χ0v) is 14.7. The summed E-state index contributed by atoms with van der Waals surface area (Å²) in [6, 6.07) is 13.0. The topological polar surface area (TPSA) is 60.0 Å². The number of aromatic nitrogens is 3. The minimum absolute atomic E-state index is 0.282. The number of benzene rings is 2. The minimum atomic E-state index is -0.282. The molecule has 0 amide bonds. The Bertz CT molecular complexity index is 796. The van der Waals surface area contributed by atoms with Crippen LogP contribution in [0.25, 0.3) is 0 Å². The molecule has 0 unspecified atom stereocenters. The van der Waals surface area contributed by atoms with Crippen molar-refractivity contribution >= 4 is 23.4 Å². The molecule has 1 heterocycles. The first kappa shape index (κ1) is 17.6. The predicted molar refractivity (Wildman–Crippen MR) is 94.8 cm³/mol. The first-order valence-electron chi connectivity index (χ1n) is 7.50. The second kappa shape index (κ2) is 8.73. The quantitative estimate of drug-likeness (QED) is 0.466. The summed E-state index contributed by atoms with van der Waals surface area (Å²) in [7, 11) is 0. The Balaban J connectivity index is 1.39. The van der Waals surface area contributed by atoms with Gasteiger partial charge in [0.05, 0.1) is 6.61 Å². The number of halogens is 2. The lowest BCUT2D eigenvalue weighted by atomic mass is 10.3. The van der Waals surface area contributed by atoms with E-state index in [2.05, 4.69) is 15.2 Å². The molecule has 25 heavy (non-hydrogen) atoms. The van der Waals surface area contributed by atoms with E-state index < -0.39 is 0 Å². The highest BCUT2D eigenvalue weighted by Gasteiger charge is 2.05. The summed E-state index contributed by atoms with van der Waals surface area (Å²) in [5.74, 6) is 2.37. The molecule has 130 valence electrons. The highest BCUT2D eigenvalue weighted by atomic mass is 35.5. The number of hydrogen-bond acceptors (Lipinski definition) is 5. The number of nitrogens with one attached hydrogen (secondary N) is 1. The van der Waals surface area contributed by atoms with E-state index in [0.29, 0.717) is 46.5 Å². The molecule has 0 aliphatic rings. The van der Waals surface area contributed by atoms with Crippen LogP contribution in [0.3, 0.4) is 0 Å². The molecule has 0 bridgehead atoms. The number of aromatic amines is 1. The third-order valence-corrected chi connectivity index (χ3v) is 4.16. The van der Waals surface area contributed by atoms with Crippen LogP contribution in [-0.4, -0.2) is 27.5 Å². The number of ether oxygens (including phenoxy) is 2. The van der Waals surface area contributed by atoms with Gasteiger partial charge in [0, 0.05) is 10.8 Å². The van der Waals surface area contributed by atoms with Crippen molar-refractivity contribution in [2.45, 2.75) is 11.8 Å². The molecule has 0 aliphatic heterocycles. The van der Waals surface area contributed by atoms with Crippen LogP contribution in [0.4, 0.5) is 4.39 Å². The molecule has 0 saturated carbocycles. The monoisotopic (exact) mass is 379 g/mol. The SMILES string of the molecule is Fc1ccc(OCCSc2n[nH]c(COc3ccc(Cl)cc3)n2)cc1. The van der Waals surface area contributed by atoms with E-state index >= 15 is 0 Å². The van der Waals surface area contributed by atoms with E-state index in [1.807, 2.05) is 0 Å². The third kappa shape index (κ3) is 5.65. The Kier molecular flexibility index (Phi) is 6.14. The maximum Gasteiger partial charge on any atom is 0.208 e. The van der Waals surface area contributed by atoms with Crippen LogP contribution in [0.2, 0.25) is 5.02 Å². The fourth-order valence-electron chi connectivity index (χ4n) is 1.91. The second-order valence-electron chi connectivity index (χ2n) is 4.96. The highest BCUT2D eigenvalue weighted by Crippen LogP contribution is 2.18. The molecule has 3 aromatic rings. The number of H-pyrrole nitrogens is 1. The van der Waals surface area contributed by atoms with Crippen molar-refractivity contribution in [1.29, 1.82) is 0 Å². The van der Waals surface area contributed by atoms with Crippen LogP contribution in [-0.2, 0) is 6.61 Å². The molecule has 1 aromatic heterocycles. The summed E-state index contributed by atoms with van der Waals surface area (Å²) in [5.41, 5.74) is 0. The average Bonchev–Trinajstić information content (AvgIpc) is 3.08. The van der Waals surface area contributed by atoms with E-state index in [-0.39, 0.29) is 5.82 Å². The lowest BCUT2D eigenvalue weighted by molar-refractivity contribution is 0.296. The van der Waals surface area contributed by atoms with Gasteiger partial charge in [0.2, 0.25) is 5.16 Å². The second-order valence-corrected chi connectivity index (χ2v) is 6.46. The molecule has 0 atom stereocenters. The predicted octanol–water partition coefficient (Wildman–Crippen LogP) is 4.35. The zero-order chi connectivity index (χ0) is 17.5. The largest absolute Gasteiger partial charge is 0.493 e. The molecule has 8 heteroatoms. The maximum atomic E-state index is 12.8. The summed E-state index contributed by atoms with van der Waals surface area (Å²) in [6.07, 6.45) is 0. The molecule has 0 fully saturated rings. The third-order valence-electron chi connectivity index (χ3n) is 3.10. The van der Waals surface area contributed by atoms with Gasteiger partial charge in [0.1, 0.15) is 23.9 Å². The van der Waals surface area contributed by atoms with Crippen molar-refractivity contribution in [2.24, 2.45) is 0 Å². The first-order chi connectivity index (χ1) is 12.2. The lowest BCUT2D eigenvalue weighted by Gasteiger charge is -2.04. The molecular weight excluding hydrogens is 365 g/mol. The van der Waals surface area contributed by atoms with Gasteiger partial charge in [-0.1, -0.05) is 23.4 Å². The van der Waals surface area contributed by atoms with E-state index in [0.717, 1.165) is 0 Å². The van der Waals surface area contributed by atoms with Gasteiger partial charge in [-0.15, -0.1) is 5.10 Å². The molecule has 3 rings (SSSR count). The van der Waals surface area contributed by atoms with Crippen LogP contribution >= 0.6 is 23.4 Å². The normalized spacial score (nSPS) is 10.6. The Morgan fingerprint density at radius 1 is 1.00 bits per heavy atom. The van der Waals surface area contributed by atoms with Gasteiger partial charge in [-0.05, 0) is 48.5 Å². The standard InChI is InChI=1S/C17H15ClFN3O2S/c18-12-1-5-15(6-2-12)24-11-16-20-17(22-21-16)25-10-9-23-14-7-3-13(19)4-8-14/h1-8H,9-11H2,(H,20,21,22). The van der Waals surface area contributed by atoms with Gasteiger partial charge < -0.3 is 9.47 Å². The molecule has 0 spiro atoms. The van der Waals surface area contributed by atoms with Crippen molar-refractivity contribution < 1.29 is 13.9 Å². The molecule has 1 N–H and O–H groups in total. The highest BCUT2D eigenvalue weighted by molar-refractivity contribution is 7.99. The Hall–Kier alpha value is -2.25. The van der Waals surface area contributed by atoms with Crippen molar-refractivity contribution in [1.82, 2.24) is 15.2 Å². The van der Waals surface area contributed by atoms with E-state index in [9.17, 15) is 4.39 Å². The average molecular weight is 380 g/mol. The minimum Gasteiger partial charge on any atom is -0.493 e. The van der Waals surface area contributed by atoms with E-state index in [4.69, 9.17) is 21.1 Å². The Morgan fingerprint density at radius 3 is 2.44 bits per heavy atom. The van der Waals surface area contributed by atoms with Crippen molar-refractivity contribution in [3.63, 3.8) is 0 Å². The van der Waals surface area contributed by atoms with Crippen molar-refractivity contribution in [2.75, 3.05) is 12.4 Å².